The quantitative estimate of drug-likeness (QED) is 0.733. The van der Waals surface area contributed by atoms with Gasteiger partial charge in [0.2, 0.25) is 11.2 Å². The van der Waals surface area contributed by atoms with E-state index in [4.69, 9.17) is 21.1 Å². The molecule has 0 aliphatic carbocycles. The summed E-state index contributed by atoms with van der Waals surface area (Å²) >= 11 is 5.68. The van der Waals surface area contributed by atoms with Gasteiger partial charge in [0.05, 0.1) is 7.11 Å². The van der Waals surface area contributed by atoms with E-state index in [9.17, 15) is 0 Å². The lowest BCUT2D eigenvalue weighted by Crippen LogP contribution is -2.09. The van der Waals surface area contributed by atoms with Gasteiger partial charge in [-0.05, 0) is 24.9 Å². The fraction of sp³-hybridized carbons (Fsp3) is 0.667. The van der Waals surface area contributed by atoms with Crippen molar-refractivity contribution in [2.45, 2.75) is 13.3 Å². The van der Waals surface area contributed by atoms with Crippen LogP contribution in [0.5, 0.6) is 6.01 Å². The summed E-state index contributed by atoms with van der Waals surface area (Å²) in [7, 11) is 1.48. The Hall–Kier alpha value is -1.14. The number of hydrogen-bond donors (Lipinski definition) is 1. The second-order valence-corrected chi connectivity index (χ2v) is 3.23. The Balaban J connectivity index is 2.38. The molecular weight excluding hydrogens is 232 g/mol. The first-order valence-corrected chi connectivity index (χ1v) is 5.41. The van der Waals surface area contributed by atoms with Gasteiger partial charge in [-0.25, -0.2) is 0 Å². The lowest BCUT2D eigenvalue weighted by atomic mass is 10.4. The van der Waals surface area contributed by atoms with Crippen molar-refractivity contribution in [1.82, 2.24) is 15.0 Å². The zero-order chi connectivity index (χ0) is 11.8. The lowest BCUT2D eigenvalue weighted by molar-refractivity contribution is 0.147. The lowest BCUT2D eigenvalue weighted by Gasteiger charge is -2.05. The fourth-order valence-electron chi connectivity index (χ4n) is 1.02. The maximum atomic E-state index is 5.68. The first-order chi connectivity index (χ1) is 7.76. The van der Waals surface area contributed by atoms with Crippen LogP contribution in [0.2, 0.25) is 5.28 Å². The Morgan fingerprint density at radius 1 is 1.31 bits per heavy atom. The zero-order valence-electron chi connectivity index (χ0n) is 9.36. The summed E-state index contributed by atoms with van der Waals surface area (Å²) in [4.78, 5) is 11.7. The van der Waals surface area contributed by atoms with Gasteiger partial charge in [-0.2, -0.15) is 15.0 Å². The highest BCUT2D eigenvalue weighted by Crippen LogP contribution is 2.10. The number of aromatic nitrogens is 3. The molecule has 1 heterocycles. The average molecular weight is 247 g/mol. The third-order valence-electron chi connectivity index (χ3n) is 1.72. The molecule has 0 saturated carbocycles. The molecule has 1 rings (SSSR count). The van der Waals surface area contributed by atoms with Crippen molar-refractivity contribution in [2.75, 3.05) is 32.2 Å². The predicted molar refractivity (Wildman–Crippen MR) is 61.0 cm³/mol. The molecule has 0 aromatic carbocycles. The van der Waals surface area contributed by atoms with E-state index in [1.54, 1.807) is 0 Å². The highest BCUT2D eigenvalue weighted by atomic mass is 35.5. The van der Waals surface area contributed by atoms with E-state index in [2.05, 4.69) is 20.3 Å². The minimum atomic E-state index is 0.110. The molecule has 0 bridgehead atoms. The van der Waals surface area contributed by atoms with E-state index in [1.165, 1.54) is 7.11 Å². The molecule has 0 saturated heterocycles. The summed E-state index contributed by atoms with van der Waals surface area (Å²) in [6.07, 6.45) is 0.874. The standard InChI is InChI=1S/C9H15ClN4O2/c1-3-16-6-4-5-11-8-12-7(10)13-9(14-8)15-2/h3-6H2,1-2H3,(H,11,12,13,14). The van der Waals surface area contributed by atoms with E-state index >= 15 is 0 Å². The first-order valence-electron chi connectivity index (χ1n) is 5.03. The van der Waals surface area contributed by atoms with E-state index in [0.717, 1.165) is 13.0 Å². The molecule has 0 amide bonds. The van der Waals surface area contributed by atoms with Crippen LogP contribution in [0.25, 0.3) is 0 Å². The molecule has 90 valence electrons. The van der Waals surface area contributed by atoms with Crippen LogP contribution in [0.1, 0.15) is 13.3 Å². The van der Waals surface area contributed by atoms with Crippen LogP contribution in [-0.2, 0) is 4.74 Å². The monoisotopic (exact) mass is 246 g/mol. The highest BCUT2D eigenvalue weighted by Gasteiger charge is 2.03. The van der Waals surface area contributed by atoms with E-state index < -0.39 is 0 Å². The van der Waals surface area contributed by atoms with Gasteiger partial charge < -0.3 is 14.8 Å². The maximum Gasteiger partial charge on any atom is 0.322 e. The zero-order valence-corrected chi connectivity index (χ0v) is 10.1. The van der Waals surface area contributed by atoms with Crippen LogP contribution < -0.4 is 10.1 Å². The Bertz CT molecular complexity index is 324. The number of rotatable bonds is 7. The molecule has 1 aromatic heterocycles. The van der Waals surface area contributed by atoms with Crippen molar-refractivity contribution in [3.8, 4) is 6.01 Å². The maximum absolute atomic E-state index is 5.68. The van der Waals surface area contributed by atoms with Crippen LogP contribution in [0, 0.1) is 0 Å². The molecule has 16 heavy (non-hydrogen) atoms. The molecule has 0 radical (unpaired) electrons. The molecule has 0 spiro atoms. The van der Waals surface area contributed by atoms with Crippen LogP contribution in [0.15, 0.2) is 0 Å². The van der Waals surface area contributed by atoms with Gasteiger partial charge in [0, 0.05) is 19.8 Å². The van der Waals surface area contributed by atoms with Crippen LogP contribution >= 0.6 is 11.6 Å². The fourth-order valence-corrected chi connectivity index (χ4v) is 1.17. The third-order valence-corrected chi connectivity index (χ3v) is 1.89. The second-order valence-electron chi connectivity index (χ2n) is 2.89. The van der Waals surface area contributed by atoms with Crippen molar-refractivity contribution in [2.24, 2.45) is 0 Å². The van der Waals surface area contributed by atoms with Crippen molar-refractivity contribution >= 4 is 17.5 Å². The van der Waals surface area contributed by atoms with Crippen LogP contribution in [0.3, 0.4) is 0 Å². The molecular formula is C9H15ClN4O2. The van der Waals surface area contributed by atoms with Gasteiger partial charge in [0.25, 0.3) is 0 Å². The number of anilines is 1. The Morgan fingerprint density at radius 3 is 2.81 bits per heavy atom. The van der Waals surface area contributed by atoms with Gasteiger partial charge in [-0.15, -0.1) is 0 Å². The van der Waals surface area contributed by atoms with Gasteiger partial charge in [0.1, 0.15) is 0 Å². The SMILES string of the molecule is CCOCCCNc1nc(Cl)nc(OC)n1. The average Bonchev–Trinajstić information content (AvgIpc) is 2.28. The molecule has 0 fully saturated rings. The van der Waals surface area contributed by atoms with E-state index in [1.807, 2.05) is 6.92 Å². The molecule has 1 N–H and O–H groups in total. The van der Waals surface area contributed by atoms with Gasteiger partial charge in [-0.3, -0.25) is 0 Å². The minimum absolute atomic E-state index is 0.110. The second kappa shape index (κ2) is 7.19. The summed E-state index contributed by atoms with van der Waals surface area (Å²) in [6.45, 7) is 4.11. The number of hydrogen-bond acceptors (Lipinski definition) is 6. The Morgan fingerprint density at radius 2 is 2.12 bits per heavy atom. The van der Waals surface area contributed by atoms with Crippen molar-refractivity contribution in [3.05, 3.63) is 5.28 Å². The minimum Gasteiger partial charge on any atom is -0.467 e. The first kappa shape index (κ1) is 12.9. The van der Waals surface area contributed by atoms with E-state index in [0.29, 0.717) is 19.1 Å². The molecule has 0 aliphatic heterocycles. The summed E-state index contributed by atoms with van der Waals surface area (Å²) in [6, 6.07) is 0.201. The van der Waals surface area contributed by atoms with Crippen molar-refractivity contribution in [1.29, 1.82) is 0 Å². The molecule has 1 aromatic rings. The Labute approximate surface area is 99.4 Å². The van der Waals surface area contributed by atoms with Gasteiger partial charge in [0.15, 0.2) is 0 Å². The third kappa shape index (κ3) is 4.59. The summed E-state index contributed by atoms with van der Waals surface area (Å²) in [5, 5.41) is 3.12. The Kier molecular flexibility index (Phi) is 5.81. The highest BCUT2D eigenvalue weighted by molar-refractivity contribution is 6.28. The van der Waals surface area contributed by atoms with Crippen LogP contribution in [0.4, 0.5) is 5.95 Å². The van der Waals surface area contributed by atoms with Gasteiger partial charge in [-0.1, -0.05) is 0 Å². The molecule has 0 unspecified atom stereocenters. The number of ether oxygens (including phenoxy) is 2. The summed E-state index contributed by atoms with van der Waals surface area (Å²) in [5.41, 5.74) is 0. The van der Waals surface area contributed by atoms with Crippen molar-refractivity contribution < 1.29 is 9.47 Å². The smallest absolute Gasteiger partial charge is 0.322 e. The number of halogens is 1. The molecule has 0 atom stereocenters. The number of methoxy groups -OCH3 is 1. The number of nitrogens with zero attached hydrogens (tertiary/aromatic N) is 3. The van der Waals surface area contributed by atoms with Crippen LogP contribution in [-0.4, -0.2) is 41.8 Å². The molecule has 6 nitrogen and oxygen atoms in total. The number of nitrogens with one attached hydrogen (secondary N) is 1. The molecule has 7 heteroatoms. The normalized spacial score (nSPS) is 10.2. The van der Waals surface area contributed by atoms with Gasteiger partial charge >= 0.3 is 6.01 Å². The largest absolute Gasteiger partial charge is 0.467 e. The topological polar surface area (TPSA) is 69.2 Å². The van der Waals surface area contributed by atoms with E-state index in [-0.39, 0.29) is 11.3 Å². The summed E-state index contributed by atoms with van der Waals surface area (Å²) < 4.78 is 10.1. The summed E-state index contributed by atoms with van der Waals surface area (Å²) in [5.74, 6) is 0.411. The predicted octanol–water partition coefficient (Wildman–Crippen LogP) is 1.37. The molecule has 0 aliphatic rings. The van der Waals surface area contributed by atoms with Crippen molar-refractivity contribution in [3.63, 3.8) is 0 Å².